The van der Waals surface area contributed by atoms with Gasteiger partial charge in [-0.15, -0.1) is 0 Å². The van der Waals surface area contributed by atoms with Crippen molar-refractivity contribution in [3.63, 3.8) is 0 Å². The van der Waals surface area contributed by atoms with Gasteiger partial charge in [-0.2, -0.15) is 0 Å². The van der Waals surface area contributed by atoms with E-state index < -0.39 is 16.7 Å². The maximum absolute atomic E-state index is 12.5. The second-order valence-corrected chi connectivity index (χ2v) is 7.12. The first-order chi connectivity index (χ1) is 15.9. The summed E-state index contributed by atoms with van der Waals surface area (Å²) in [5.74, 6) is -0.871. The molecule has 0 unspecified atom stereocenters. The highest BCUT2D eigenvalue weighted by atomic mass is 16.6. The SMILES string of the molecule is O=C(CN1C(=O)COc2ccc(NC(=O)c3ccc([N+](=O)[O-])cc3)cc21)Nc1ccccc1. The number of carbonyl (C=O) groups is 3. The zero-order valence-electron chi connectivity index (χ0n) is 17.2. The van der Waals surface area contributed by atoms with E-state index in [1.54, 1.807) is 36.4 Å². The van der Waals surface area contributed by atoms with Crippen molar-refractivity contribution >= 4 is 40.5 Å². The highest BCUT2D eigenvalue weighted by Crippen LogP contribution is 2.34. The van der Waals surface area contributed by atoms with E-state index in [9.17, 15) is 24.5 Å². The predicted octanol–water partition coefficient (Wildman–Crippen LogP) is 3.21. The molecule has 166 valence electrons. The van der Waals surface area contributed by atoms with Crippen LogP contribution in [0.15, 0.2) is 72.8 Å². The Balaban J connectivity index is 1.51. The van der Waals surface area contributed by atoms with Crippen LogP contribution in [0.2, 0.25) is 0 Å². The molecular weight excluding hydrogens is 428 g/mol. The van der Waals surface area contributed by atoms with Crippen LogP contribution in [0, 0.1) is 10.1 Å². The maximum atomic E-state index is 12.5. The summed E-state index contributed by atoms with van der Waals surface area (Å²) in [7, 11) is 0. The van der Waals surface area contributed by atoms with Crippen LogP contribution in [0.1, 0.15) is 10.4 Å². The molecule has 0 aliphatic carbocycles. The lowest BCUT2D eigenvalue weighted by atomic mass is 10.1. The van der Waals surface area contributed by atoms with Gasteiger partial charge in [0.15, 0.2) is 6.61 Å². The molecule has 0 fully saturated rings. The smallest absolute Gasteiger partial charge is 0.269 e. The number of carbonyl (C=O) groups excluding carboxylic acids is 3. The Bertz CT molecular complexity index is 1230. The lowest BCUT2D eigenvalue weighted by Crippen LogP contribution is -2.43. The number of nitro groups is 1. The molecule has 4 rings (SSSR count). The van der Waals surface area contributed by atoms with Gasteiger partial charge in [0.05, 0.1) is 10.6 Å². The van der Waals surface area contributed by atoms with E-state index in [0.29, 0.717) is 22.8 Å². The third kappa shape index (κ3) is 4.96. The Morgan fingerprint density at radius 1 is 0.970 bits per heavy atom. The molecule has 10 heteroatoms. The molecule has 1 aliphatic rings. The fourth-order valence-corrected chi connectivity index (χ4v) is 3.26. The van der Waals surface area contributed by atoms with Gasteiger partial charge < -0.3 is 15.4 Å². The molecule has 2 N–H and O–H groups in total. The average Bonchev–Trinajstić information content (AvgIpc) is 2.81. The minimum atomic E-state index is -0.551. The predicted molar refractivity (Wildman–Crippen MR) is 120 cm³/mol. The van der Waals surface area contributed by atoms with Crippen molar-refractivity contribution in [2.45, 2.75) is 0 Å². The zero-order valence-corrected chi connectivity index (χ0v) is 17.2. The molecule has 0 saturated carbocycles. The van der Waals surface area contributed by atoms with Crippen LogP contribution in [-0.4, -0.2) is 35.8 Å². The number of nitro benzene ring substituents is 1. The number of hydrogen-bond acceptors (Lipinski definition) is 6. The maximum Gasteiger partial charge on any atom is 0.269 e. The first-order valence-corrected chi connectivity index (χ1v) is 9.88. The molecule has 3 amide bonds. The monoisotopic (exact) mass is 446 g/mol. The van der Waals surface area contributed by atoms with E-state index in [-0.39, 0.29) is 30.3 Å². The third-order valence-corrected chi connectivity index (χ3v) is 4.86. The summed E-state index contributed by atoms with van der Waals surface area (Å²) in [6, 6.07) is 18.7. The third-order valence-electron chi connectivity index (χ3n) is 4.86. The second-order valence-electron chi connectivity index (χ2n) is 7.12. The lowest BCUT2D eigenvalue weighted by molar-refractivity contribution is -0.384. The van der Waals surface area contributed by atoms with E-state index in [4.69, 9.17) is 4.74 Å². The normalized spacial score (nSPS) is 12.4. The molecule has 33 heavy (non-hydrogen) atoms. The standard InChI is InChI=1S/C23H18N4O6/c28-21(24-16-4-2-1-3-5-16)13-26-19-12-17(8-11-20(19)33-14-22(26)29)25-23(30)15-6-9-18(10-7-15)27(31)32/h1-12H,13-14H2,(H,24,28)(H,25,30). The Hall–Kier alpha value is -4.73. The molecule has 0 radical (unpaired) electrons. The van der Waals surface area contributed by atoms with E-state index in [1.807, 2.05) is 6.07 Å². The fourth-order valence-electron chi connectivity index (χ4n) is 3.26. The Morgan fingerprint density at radius 3 is 2.39 bits per heavy atom. The number of benzene rings is 3. The number of nitrogens with one attached hydrogen (secondary N) is 2. The van der Waals surface area contributed by atoms with Gasteiger partial charge in [0.2, 0.25) is 5.91 Å². The van der Waals surface area contributed by atoms with Crippen molar-refractivity contribution in [2.75, 3.05) is 28.7 Å². The molecule has 0 bridgehead atoms. The Labute approximate surface area is 187 Å². The summed E-state index contributed by atoms with van der Waals surface area (Å²) in [4.78, 5) is 49.0. The zero-order chi connectivity index (χ0) is 23.4. The van der Waals surface area contributed by atoms with E-state index >= 15 is 0 Å². The van der Waals surface area contributed by atoms with Crippen molar-refractivity contribution in [3.8, 4) is 5.75 Å². The summed E-state index contributed by atoms with van der Waals surface area (Å²) < 4.78 is 5.45. The van der Waals surface area contributed by atoms with Gasteiger partial charge in [0.1, 0.15) is 12.3 Å². The van der Waals surface area contributed by atoms with Crippen LogP contribution in [-0.2, 0) is 9.59 Å². The molecule has 0 atom stereocenters. The molecule has 3 aromatic rings. The van der Waals surface area contributed by atoms with Crippen LogP contribution in [0.3, 0.4) is 0 Å². The van der Waals surface area contributed by atoms with Crippen LogP contribution in [0.4, 0.5) is 22.7 Å². The van der Waals surface area contributed by atoms with Crippen molar-refractivity contribution in [1.29, 1.82) is 0 Å². The summed E-state index contributed by atoms with van der Waals surface area (Å²) in [5, 5.41) is 16.2. The van der Waals surface area contributed by atoms with Gasteiger partial charge >= 0.3 is 0 Å². The number of ether oxygens (including phenoxy) is 1. The van der Waals surface area contributed by atoms with Gasteiger partial charge in [-0.3, -0.25) is 29.4 Å². The van der Waals surface area contributed by atoms with Gasteiger partial charge in [0, 0.05) is 29.1 Å². The molecular formula is C23H18N4O6. The topological polar surface area (TPSA) is 131 Å². The summed E-state index contributed by atoms with van der Waals surface area (Å²) in [6.45, 7) is -0.441. The van der Waals surface area contributed by atoms with Crippen LogP contribution < -0.4 is 20.3 Å². The molecule has 0 aromatic heterocycles. The van der Waals surface area contributed by atoms with Crippen molar-refractivity contribution in [3.05, 3.63) is 88.5 Å². The summed E-state index contributed by atoms with van der Waals surface area (Å²) >= 11 is 0. The molecule has 1 heterocycles. The number of anilines is 3. The number of amides is 3. The highest BCUT2D eigenvalue weighted by molar-refractivity contribution is 6.07. The highest BCUT2D eigenvalue weighted by Gasteiger charge is 2.28. The summed E-state index contributed by atoms with van der Waals surface area (Å²) in [5.41, 5.74) is 1.41. The number of hydrogen-bond donors (Lipinski definition) is 2. The fraction of sp³-hybridized carbons (Fsp3) is 0.0870. The van der Waals surface area contributed by atoms with Crippen LogP contribution in [0.25, 0.3) is 0 Å². The first kappa shape index (κ1) is 21.5. The minimum absolute atomic E-state index is 0.125. The van der Waals surface area contributed by atoms with E-state index in [2.05, 4.69) is 10.6 Å². The van der Waals surface area contributed by atoms with Crippen molar-refractivity contribution in [1.82, 2.24) is 0 Å². The van der Waals surface area contributed by atoms with Gasteiger partial charge in [0.25, 0.3) is 17.5 Å². The number of fused-ring (bicyclic) bond motifs is 1. The minimum Gasteiger partial charge on any atom is -0.482 e. The van der Waals surface area contributed by atoms with Crippen LogP contribution >= 0.6 is 0 Å². The van der Waals surface area contributed by atoms with E-state index in [1.165, 1.54) is 35.2 Å². The number of rotatable bonds is 6. The molecule has 0 spiro atoms. The lowest BCUT2D eigenvalue weighted by Gasteiger charge is -2.29. The quantitative estimate of drug-likeness (QED) is 0.442. The van der Waals surface area contributed by atoms with Gasteiger partial charge in [-0.05, 0) is 42.5 Å². The Morgan fingerprint density at radius 2 is 1.70 bits per heavy atom. The Kier molecular flexibility index (Phi) is 5.98. The number of nitrogens with zero attached hydrogens (tertiary/aromatic N) is 2. The molecule has 10 nitrogen and oxygen atoms in total. The number of para-hydroxylation sites is 1. The van der Waals surface area contributed by atoms with Crippen molar-refractivity contribution in [2.24, 2.45) is 0 Å². The summed E-state index contributed by atoms with van der Waals surface area (Å²) in [6.07, 6.45) is 0. The van der Waals surface area contributed by atoms with Crippen LogP contribution in [0.5, 0.6) is 5.75 Å². The van der Waals surface area contributed by atoms with Gasteiger partial charge in [-0.1, -0.05) is 18.2 Å². The van der Waals surface area contributed by atoms with E-state index in [0.717, 1.165) is 0 Å². The van der Waals surface area contributed by atoms with Crippen molar-refractivity contribution < 1.29 is 24.0 Å². The first-order valence-electron chi connectivity index (χ1n) is 9.88. The van der Waals surface area contributed by atoms with Gasteiger partial charge in [-0.25, -0.2) is 0 Å². The average molecular weight is 446 g/mol. The molecule has 1 aliphatic heterocycles. The molecule has 3 aromatic carbocycles. The largest absolute Gasteiger partial charge is 0.482 e. The second kappa shape index (κ2) is 9.18. The number of non-ortho nitro benzene ring substituents is 1. The molecule has 0 saturated heterocycles.